The molecule has 9 heteroatoms. The van der Waals surface area contributed by atoms with Gasteiger partial charge in [-0.1, -0.05) is 23.7 Å². The van der Waals surface area contributed by atoms with Crippen molar-refractivity contribution in [2.75, 3.05) is 26.2 Å². The quantitative estimate of drug-likeness (QED) is 0.733. The number of nitrogens with zero attached hydrogens (tertiary/aromatic N) is 2. The minimum absolute atomic E-state index is 0.247. The molecule has 1 heterocycles. The van der Waals surface area contributed by atoms with Crippen molar-refractivity contribution in [3.63, 3.8) is 0 Å². The number of rotatable bonds is 5. The standard InChI is InChI=1S/C19H19ClF2N2O3S/c20-16-3-1-2-14(12-16)13-23-8-10-24(11-9-23)18(25)15-4-6-17(7-5-15)28(26,27)19(21)22/h1-7,12,19H,8-11,13H2. The van der Waals surface area contributed by atoms with Crippen LogP contribution in [-0.2, 0) is 16.4 Å². The van der Waals surface area contributed by atoms with Gasteiger partial charge in [0.05, 0.1) is 4.90 Å². The Bertz CT molecular complexity index is 944. The van der Waals surface area contributed by atoms with Crippen molar-refractivity contribution >= 4 is 27.3 Å². The number of amides is 1. The molecule has 0 aliphatic carbocycles. The molecule has 1 saturated heterocycles. The predicted molar refractivity (Wildman–Crippen MR) is 102 cm³/mol. The van der Waals surface area contributed by atoms with Gasteiger partial charge in [-0.2, -0.15) is 8.78 Å². The molecule has 0 spiro atoms. The van der Waals surface area contributed by atoms with Gasteiger partial charge >= 0.3 is 5.76 Å². The third kappa shape index (κ3) is 4.68. The second-order valence-electron chi connectivity index (χ2n) is 6.53. The van der Waals surface area contributed by atoms with Gasteiger partial charge in [0.2, 0.25) is 9.84 Å². The van der Waals surface area contributed by atoms with Crippen molar-refractivity contribution in [3.05, 3.63) is 64.7 Å². The first-order chi connectivity index (χ1) is 13.3. The average Bonchev–Trinajstić information content (AvgIpc) is 2.68. The van der Waals surface area contributed by atoms with Crippen molar-refractivity contribution in [3.8, 4) is 0 Å². The molecule has 5 nitrogen and oxygen atoms in total. The van der Waals surface area contributed by atoms with Crippen LogP contribution in [0.2, 0.25) is 5.02 Å². The number of carbonyl (C=O) groups is 1. The highest BCUT2D eigenvalue weighted by Crippen LogP contribution is 2.20. The number of piperazine rings is 1. The zero-order valence-electron chi connectivity index (χ0n) is 14.9. The van der Waals surface area contributed by atoms with E-state index in [1.807, 2.05) is 24.3 Å². The van der Waals surface area contributed by atoms with Gasteiger partial charge in [0.15, 0.2) is 0 Å². The molecular weight excluding hydrogens is 410 g/mol. The van der Waals surface area contributed by atoms with Crippen LogP contribution in [0, 0.1) is 0 Å². The number of carbonyl (C=O) groups excluding carboxylic acids is 1. The molecule has 3 rings (SSSR count). The summed E-state index contributed by atoms with van der Waals surface area (Å²) >= 11 is 6.00. The van der Waals surface area contributed by atoms with Gasteiger partial charge in [-0.25, -0.2) is 8.42 Å². The Hall–Kier alpha value is -2.03. The van der Waals surface area contributed by atoms with E-state index in [1.165, 1.54) is 12.1 Å². The Morgan fingerprint density at radius 1 is 1.04 bits per heavy atom. The lowest BCUT2D eigenvalue weighted by Crippen LogP contribution is -2.48. The number of sulfone groups is 1. The fraction of sp³-hybridized carbons (Fsp3) is 0.316. The first-order valence-corrected chi connectivity index (χ1v) is 10.6. The summed E-state index contributed by atoms with van der Waals surface area (Å²) in [5.41, 5.74) is 1.37. The fourth-order valence-electron chi connectivity index (χ4n) is 3.08. The zero-order valence-corrected chi connectivity index (χ0v) is 16.5. The second kappa shape index (κ2) is 8.55. The van der Waals surface area contributed by atoms with Crippen LogP contribution in [0.25, 0.3) is 0 Å². The molecule has 0 atom stereocenters. The molecule has 0 radical (unpaired) electrons. The largest absolute Gasteiger partial charge is 0.341 e. The van der Waals surface area contributed by atoms with Gasteiger partial charge < -0.3 is 4.90 Å². The minimum atomic E-state index is -4.66. The average molecular weight is 429 g/mol. The van der Waals surface area contributed by atoms with Crippen LogP contribution < -0.4 is 0 Å². The number of halogens is 3. The summed E-state index contributed by atoms with van der Waals surface area (Å²) < 4.78 is 48.1. The molecule has 1 aliphatic rings. The normalized spacial score (nSPS) is 15.8. The Morgan fingerprint density at radius 3 is 2.25 bits per heavy atom. The van der Waals surface area contributed by atoms with Crippen molar-refractivity contribution < 1.29 is 22.0 Å². The summed E-state index contributed by atoms with van der Waals surface area (Å²) in [6.07, 6.45) is 0. The van der Waals surface area contributed by atoms with Gasteiger partial charge in [-0.3, -0.25) is 9.69 Å². The molecule has 28 heavy (non-hydrogen) atoms. The highest BCUT2D eigenvalue weighted by Gasteiger charge is 2.27. The Labute approximate surface area is 167 Å². The first-order valence-electron chi connectivity index (χ1n) is 8.65. The number of benzene rings is 2. The van der Waals surface area contributed by atoms with Crippen molar-refractivity contribution in [2.24, 2.45) is 0 Å². The number of hydrogen-bond donors (Lipinski definition) is 0. The van der Waals surface area contributed by atoms with E-state index < -0.39 is 20.5 Å². The lowest BCUT2D eigenvalue weighted by Gasteiger charge is -2.34. The van der Waals surface area contributed by atoms with E-state index in [-0.39, 0.29) is 11.5 Å². The van der Waals surface area contributed by atoms with E-state index in [4.69, 9.17) is 11.6 Å². The van der Waals surface area contributed by atoms with Gasteiger partial charge in [-0.15, -0.1) is 0 Å². The third-order valence-electron chi connectivity index (χ3n) is 4.62. The van der Waals surface area contributed by atoms with E-state index in [0.29, 0.717) is 31.2 Å². The zero-order chi connectivity index (χ0) is 20.3. The molecule has 0 bridgehead atoms. The Morgan fingerprint density at radius 2 is 1.68 bits per heavy atom. The summed E-state index contributed by atoms with van der Waals surface area (Å²) in [5, 5.41) is 0.684. The highest BCUT2D eigenvalue weighted by molar-refractivity contribution is 7.91. The van der Waals surface area contributed by atoms with E-state index in [2.05, 4.69) is 4.90 Å². The molecule has 2 aromatic rings. The summed E-state index contributed by atoms with van der Waals surface area (Å²) in [6.45, 7) is 3.17. The maximum atomic E-state index is 12.6. The molecule has 0 aromatic heterocycles. The lowest BCUT2D eigenvalue weighted by atomic mass is 10.1. The highest BCUT2D eigenvalue weighted by atomic mass is 35.5. The summed E-state index contributed by atoms with van der Waals surface area (Å²) in [7, 11) is -4.66. The summed E-state index contributed by atoms with van der Waals surface area (Å²) in [6, 6.07) is 12.3. The monoisotopic (exact) mass is 428 g/mol. The summed E-state index contributed by atoms with van der Waals surface area (Å²) in [4.78, 5) is 16.0. The van der Waals surface area contributed by atoms with Crippen molar-refractivity contribution in [1.29, 1.82) is 0 Å². The smallest absolute Gasteiger partial charge is 0.336 e. The number of alkyl halides is 2. The molecule has 150 valence electrons. The van der Waals surface area contributed by atoms with Crippen LogP contribution in [-0.4, -0.2) is 56.1 Å². The van der Waals surface area contributed by atoms with Gasteiger partial charge in [0.1, 0.15) is 0 Å². The van der Waals surface area contributed by atoms with Crippen LogP contribution in [0.1, 0.15) is 15.9 Å². The SMILES string of the molecule is O=C(c1ccc(S(=O)(=O)C(F)F)cc1)N1CCN(Cc2cccc(Cl)c2)CC1. The van der Waals surface area contributed by atoms with Crippen molar-refractivity contribution in [2.45, 2.75) is 17.2 Å². The summed E-state index contributed by atoms with van der Waals surface area (Å²) in [5.74, 6) is -3.73. The fourth-order valence-corrected chi connectivity index (χ4v) is 4.01. The van der Waals surface area contributed by atoms with Crippen LogP contribution in [0.15, 0.2) is 53.4 Å². The molecule has 0 N–H and O–H groups in total. The maximum absolute atomic E-state index is 12.6. The Balaban J connectivity index is 1.59. The van der Waals surface area contributed by atoms with Crippen LogP contribution in [0.5, 0.6) is 0 Å². The molecule has 0 saturated carbocycles. The van der Waals surface area contributed by atoms with Gasteiger partial charge in [-0.05, 0) is 42.0 Å². The molecule has 1 amide bonds. The third-order valence-corrected chi connectivity index (χ3v) is 6.25. The Kier molecular flexibility index (Phi) is 6.32. The van der Waals surface area contributed by atoms with Crippen LogP contribution >= 0.6 is 11.6 Å². The van der Waals surface area contributed by atoms with Gasteiger partial charge in [0.25, 0.3) is 5.91 Å². The van der Waals surface area contributed by atoms with Crippen LogP contribution in [0.3, 0.4) is 0 Å². The van der Waals surface area contributed by atoms with Gasteiger partial charge in [0, 0.05) is 43.3 Å². The predicted octanol–water partition coefficient (Wildman–Crippen LogP) is 3.29. The molecule has 0 unspecified atom stereocenters. The maximum Gasteiger partial charge on any atom is 0.341 e. The minimum Gasteiger partial charge on any atom is -0.336 e. The molecule has 1 aliphatic heterocycles. The second-order valence-corrected chi connectivity index (χ2v) is 8.88. The van der Waals surface area contributed by atoms with E-state index in [9.17, 15) is 22.0 Å². The van der Waals surface area contributed by atoms with E-state index in [1.54, 1.807) is 4.90 Å². The van der Waals surface area contributed by atoms with Crippen molar-refractivity contribution in [1.82, 2.24) is 9.80 Å². The molecular formula is C19H19ClF2N2O3S. The molecule has 1 fully saturated rings. The lowest BCUT2D eigenvalue weighted by molar-refractivity contribution is 0.0628. The van der Waals surface area contributed by atoms with E-state index >= 15 is 0 Å². The topological polar surface area (TPSA) is 57.7 Å². The van der Waals surface area contributed by atoms with Crippen LogP contribution in [0.4, 0.5) is 8.78 Å². The van der Waals surface area contributed by atoms with E-state index in [0.717, 1.165) is 24.2 Å². The molecule has 2 aromatic carbocycles. The number of hydrogen-bond acceptors (Lipinski definition) is 4. The first kappa shape index (κ1) is 20.7.